The first kappa shape index (κ1) is 14.1. The SMILES string of the molecule is CCOCc1nc(NC)cc(N2CCCCC2C)n1. The maximum atomic E-state index is 5.42. The van der Waals surface area contributed by atoms with Crippen molar-refractivity contribution in [2.45, 2.75) is 45.8 Å². The molecule has 1 fully saturated rings. The molecule has 1 aromatic heterocycles. The molecule has 5 nitrogen and oxygen atoms in total. The molecule has 106 valence electrons. The molecule has 0 bridgehead atoms. The lowest BCUT2D eigenvalue weighted by Gasteiger charge is -2.34. The van der Waals surface area contributed by atoms with Crippen molar-refractivity contribution in [3.8, 4) is 0 Å². The monoisotopic (exact) mass is 264 g/mol. The topological polar surface area (TPSA) is 50.3 Å². The lowest BCUT2D eigenvalue weighted by molar-refractivity contribution is 0.128. The van der Waals surface area contributed by atoms with Crippen molar-refractivity contribution in [2.75, 3.05) is 30.4 Å². The first-order valence-corrected chi connectivity index (χ1v) is 7.14. The third-order valence-corrected chi connectivity index (χ3v) is 3.55. The number of aromatic nitrogens is 2. The van der Waals surface area contributed by atoms with E-state index in [2.05, 4.69) is 27.1 Å². The van der Waals surface area contributed by atoms with Crippen LogP contribution in [0.1, 0.15) is 38.9 Å². The second-order valence-corrected chi connectivity index (χ2v) is 4.95. The van der Waals surface area contributed by atoms with Crippen molar-refractivity contribution in [3.63, 3.8) is 0 Å². The average Bonchev–Trinajstić information content (AvgIpc) is 2.45. The predicted octanol–water partition coefficient (Wildman–Crippen LogP) is 2.43. The Labute approximate surface area is 115 Å². The molecule has 1 aromatic rings. The highest BCUT2D eigenvalue weighted by Crippen LogP contribution is 2.24. The molecule has 0 amide bonds. The minimum absolute atomic E-state index is 0.473. The molecule has 2 rings (SSSR count). The summed E-state index contributed by atoms with van der Waals surface area (Å²) in [7, 11) is 1.89. The second kappa shape index (κ2) is 6.70. The number of hydrogen-bond donors (Lipinski definition) is 1. The van der Waals surface area contributed by atoms with Crippen LogP contribution in [0.25, 0.3) is 0 Å². The zero-order valence-corrected chi connectivity index (χ0v) is 12.1. The van der Waals surface area contributed by atoms with Crippen molar-refractivity contribution in [2.24, 2.45) is 0 Å². The van der Waals surface area contributed by atoms with Gasteiger partial charge in [0.15, 0.2) is 5.82 Å². The van der Waals surface area contributed by atoms with Crippen LogP contribution in [-0.2, 0) is 11.3 Å². The molecule has 1 N–H and O–H groups in total. The van der Waals surface area contributed by atoms with E-state index < -0.39 is 0 Å². The van der Waals surface area contributed by atoms with Crippen molar-refractivity contribution < 1.29 is 4.74 Å². The Morgan fingerprint density at radius 3 is 2.95 bits per heavy atom. The minimum atomic E-state index is 0.473. The molecule has 5 heteroatoms. The Bertz CT molecular complexity index is 410. The Balaban J connectivity index is 2.22. The van der Waals surface area contributed by atoms with E-state index in [1.807, 2.05) is 20.0 Å². The van der Waals surface area contributed by atoms with E-state index in [0.717, 1.165) is 24.0 Å². The molecule has 0 aliphatic carbocycles. The van der Waals surface area contributed by atoms with Crippen LogP contribution < -0.4 is 10.2 Å². The van der Waals surface area contributed by atoms with E-state index in [9.17, 15) is 0 Å². The standard InChI is InChI=1S/C14H24N4O/c1-4-19-10-13-16-12(15-3)9-14(17-13)18-8-6-5-7-11(18)2/h9,11H,4-8,10H2,1-3H3,(H,15,16,17). The van der Waals surface area contributed by atoms with Crippen LogP contribution in [0.15, 0.2) is 6.07 Å². The van der Waals surface area contributed by atoms with E-state index in [0.29, 0.717) is 19.3 Å². The number of nitrogens with one attached hydrogen (secondary N) is 1. The van der Waals surface area contributed by atoms with Crippen LogP contribution in [0.2, 0.25) is 0 Å². The van der Waals surface area contributed by atoms with Gasteiger partial charge >= 0.3 is 0 Å². The van der Waals surface area contributed by atoms with Gasteiger partial charge in [-0.25, -0.2) is 9.97 Å². The van der Waals surface area contributed by atoms with Gasteiger partial charge in [0.05, 0.1) is 0 Å². The van der Waals surface area contributed by atoms with E-state index in [-0.39, 0.29) is 0 Å². The average molecular weight is 264 g/mol. The highest BCUT2D eigenvalue weighted by atomic mass is 16.5. The zero-order chi connectivity index (χ0) is 13.7. The quantitative estimate of drug-likeness (QED) is 0.885. The molecule has 19 heavy (non-hydrogen) atoms. The lowest BCUT2D eigenvalue weighted by atomic mass is 10.0. The zero-order valence-electron chi connectivity index (χ0n) is 12.1. The van der Waals surface area contributed by atoms with Gasteiger partial charge in [0, 0.05) is 32.3 Å². The smallest absolute Gasteiger partial charge is 0.158 e. The minimum Gasteiger partial charge on any atom is -0.374 e. The fourth-order valence-electron chi connectivity index (χ4n) is 2.45. The van der Waals surface area contributed by atoms with E-state index >= 15 is 0 Å². The predicted molar refractivity (Wildman–Crippen MR) is 77.6 cm³/mol. The number of ether oxygens (including phenoxy) is 1. The molecule has 1 aliphatic rings. The Morgan fingerprint density at radius 1 is 1.42 bits per heavy atom. The van der Waals surface area contributed by atoms with Crippen molar-refractivity contribution in [3.05, 3.63) is 11.9 Å². The number of hydrogen-bond acceptors (Lipinski definition) is 5. The number of nitrogens with zero attached hydrogens (tertiary/aromatic N) is 3. The molecule has 0 saturated carbocycles. The summed E-state index contributed by atoms with van der Waals surface area (Å²) in [4.78, 5) is 11.5. The number of anilines is 2. The summed E-state index contributed by atoms with van der Waals surface area (Å²) in [6.07, 6.45) is 3.79. The van der Waals surface area contributed by atoms with Crippen LogP contribution in [0.3, 0.4) is 0 Å². The molecule has 1 aliphatic heterocycles. The molecule has 0 spiro atoms. The normalized spacial score (nSPS) is 19.5. The molecule has 1 unspecified atom stereocenters. The summed E-state index contributed by atoms with van der Waals surface area (Å²) in [5.41, 5.74) is 0. The van der Waals surface area contributed by atoms with E-state index in [1.54, 1.807) is 0 Å². The maximum absolute atomic E-state index is 5.42. The second-order valence-electron chi connectivity index (χ2n) is 4.95. The summed E-state index contributed by atoms with van der Waals surface area (Å²) >= 11 is 0. The summed E-state index contributed by atoms with van der Waals surface area (Å²) in [5.74, 6) is 2.63. The van der Waals surface area contributed by atoms with Gasteiger partial charge in [-0.3, -0.25) is 0 Å². The van der Waals surface area contributed by atoms with E-state index in [4.69, 9.17) is 4.74 Å². The molecular weight excluding hydrogens is 240 g/mol. The van der Waals surface area contributed by atoms with E-state index in [1.165, 1.54) is 19.3 Å². The fourth-order valence-corrected chi connectivity index (χ4v) is 2.45. The van der Waals surface area contributed by atoms with Crippen LogP contribution in [0, 0.1) is 0 Å². The summed E-state index contributed by atoms with van der Waals surface area (Å²) in [5, 5.41) is 3.10. The van der Waals surface area contributed by atoms with Gasteiger partial charge in [0.1, 0.15) is 18.2 Å². The molecular formula is C14H24N4O. The summed E-state index contributed by atoms with van der Waals surface area (Å²) < 4.78 is 5.42. The van der Waals surface area contributed by atoms with Gasteiger partial charge in [-0.05, 0) is 33.1 Å². The highest BCUT2D eigenvalue weighted by Gasteiger charge is 2.20. The molecule has 0 radical (unpaired) electrons. The van der Waals surface area contributed by atoms with Crippen molar-refractivity contribution in [1.82, 2.24) is 9.97 Å². The van der Waals surface area contributed by atoms with Gasteiger partial charge in [-0.1, -0.05) is 0 Å². The third kappa shape index (κ3) is 3.56. The number of rotatable bonds is 5. The van der Waals surface area contributed by atoms with Gasteiger partial charge in [-0.2, -0.15) is 0 Å². The highest BCUT2D eigenvalue weighted by molar-refractivity contribution is 5.50. The lowest BCUT2D eigenvalue weighted by Crippen LogP contribution is -2.38. The summed E-state index contributed by atoms with van der Waals surface area (Å²) in [6, 6.07) is 2.57. The van der Waals surface area contributed by atoms with Crippen LogP contribution >= 0.6 is 0 Å². The molecule has 1 saturated heterocycles. The molecule has 2 heterocycles. The maximum Gasteiger partial charge on any atom is 0.158 e. The Hall–Kier alpha value is -1.36. The van der Waals surface area contributed by atoms with Crippen LogP contribution in [-0.4, -0.2) is 36.2 Å². The molecule has 1 atom stereocenters. The summed E-state index contributed by atoms with van der Waals surface area (Å²) in [6.45, 7) is 6.48. The number of piperidine rings is 1. The van der Waals surface area contributed by atoms with Gasteiger partial charge in [0.2, 0.25) is 0 Å². The van der Waals surface area contributed by atoms with Gasteiger partial charge < -0.3 is 15.0 Å². The fraction of sp³-hybridized carbons (Fsp3) is 0.714. The van der Waals surface area contributed by atoms with Crippen LogP contribution in [0.5, 0.6) is 0 Å². The van der Waals surface area contributed by atoms with Crippen LogP contribution in [0.4, 0.5) is 11.6 Å². The Kier molecular flexibility index (Phi) is 4.96. The third-order valence-electron chi connectivity index (χ3n) is 3.55. The Morgan fingerprint density at radius 2 is 2.26 bits per heavy atom. The first-order valence-electron chi connectivity index (χ1n) is 7.14. The molecule has 0 aromatic carbocycles. The first-order chi connectivity index (χ1) is 9.24. The van der Waals surface area contributed by atoms with Crippen molar-refractivity contribution in [1.29, 1.82) is 0 Å². The largest absolute Gasteiger partial charge is 0.374 e. The van der Waals surface area contributed by atoms with Crippen molar-refractivity contribution >= 4 is 11.6 Å². The van der Waals surface area contributed by atoms with Gasteiger partial charge in [0.25, 0.3) is 0 Å². The van der Waals surface area contributed by atoms with Gasteiger partial charge in [-0.15, -0.1) is 0 Å².